The van der Waals surface area contributed by atoms with Crippen molar-refractivity contribution in [2.45, 2.75) is 38.4 Å². The summed E-state index contributed by atoms with van der Waals surface area (Å²) in [4.78, 5) is 7.88. The standard InChI is InChI=1S/C10H16N2OS/c1-3-7(2)10-11-8-4-5-14(13)6-9(8)12-10/h7H,3-6H2,1-2H3,(H,11,12). The van der Waals surface area contributed by atoms with Crippen LogP contribution in [0.3, 0.4) is 0 Å². The molecule has 2 heterocycles. The summed E-state index contributed by atoms with van der Waals surface area (Å²) < 4.78 is 11.3. The smallest absolute Gasteiger partial charge is 0.109 e. The number of rotatable bonds is 2. The molecule has 0 spiro atoms. The molecule has 78 valence electrons. The van der Waals surface area contributed by atoms with E-state index in [1.807, 2.05) is 0 Å². The van der Waals surface area contributed by atoms with Gasteiger partial charge in [-0.25, -0.2) is 4.98 Å². The highest BCUT2D eigenvalue weighted by Gasteiger charge is 2.20. The van der Waals surface area contributed by atoms with E-state index in [0.717, 1.165) is 35.8 Å². The molecule has 0 bridgehead atoms. The van der Waals surface area contributed by atoms with E-state index in [4.69, 9.17) is 0 Å². The van der Waals surface area contributed by atoms with E-state index in [2.05, 4.69) is 23.8 Å². The summed E-state index contributed by atoms with van der Waals surface area (Å²) in [5, 5.41) is 0. The van der Waals surface area contributed by atoms with Crippen molar-refractivity contribution in [1.82, 2.24) is 9.97 Å². The largest absolute Gasteiger partial charge is 0.345 e. The average molecular weight is 212 g/mol. The van der Waals surface area contributed by atoms with Gasteiger partial charge in [-0.15, -0.1) is 0 Å². The van der Waals surface area contributed by atoms with Crippen molar-refractivity contribution in [3.8, 4) is 0 Å². The molecule has 0 saturated carbocycles. The molecule has 3 nitrogen and oxygen atoms in total. The number of imidazole rings is 1. The molecule has 1 N–H and O–H groups in total. The predicted octanol–water partition coefficient (Wildman–Crippen LogP) is 1.73. The van der Waals surface area contributed by atoms with Crippen molar-refractivity contribution in [3.63, 3.8) is 0 Å². The second-order valence-electron chi connectivity index (χ2n) is 3.89. The van der Waals surface area contributed by atoms with Gasteiger partial charge in [0.25, 0.3) is 0 Å². The molecule has 1 aliphatic heterocycles. The number of hydrogen-bond acceptors (Lipinski definition) is 2. The van der Waals surface area contributed by atoms with E-state index in [-0.39, 0.29) is 0 Å². The van der Waals surface area contributed by atoms with Crippen LogP contribution in [-0.4, -0.2) is 19.9 Å². The summed E-state index contributed by atoms with van der Waals surface area (Å²) in [6.07, 6.45) is 1.96. The third kappa shape index (κ3) is 1.75. The average Bonchev–Trinajstić information content (AvgIpc) is 2.59. The Kier molecular flexibility index (Phi) is 2.72. The third-order valence-corrected chi connectivity index (χ3v) is 4.10. The number of nitrogens with one attached hydrogen (secondary N) is 1. The van der Waals surface area contributed by atoms with Crippen LogP contribution in [0, 0.1) is 0 Å². The van der Waals surface area contributed by atoms with Gasteiger partial charge in [0, 0.05) is 28.9 Å². The van der Waals surface area contributed by atoms with Gasteiger partial charge in [-0.3, -0.25) is 4.21 Å². The number of aromatic nitrogens is 2. The van der Waals surface area contributed by atoms with Crippen molar-refractivity contribution in [3.05, 3.63) is 17.2 Å². The summed E-state index contributed by atoms with van der Waals surface area (Å²) in [5.41, 5.74) is 2.24. The molecule has 4 heteroatoms. The second-order valence-corrected chi connectivity index (χ2v) is 5.47. The molecule has 1 aliphatic rings. The van der Waals surface area contributed by atoms with Gasteiger partial charge in [0.15, 0.2) is 0 Å². The summed E-state index contributed by atoms with van der Waals surface area (Å²) in [6, 6.07) is 0. The lowest BCUT2D eigenvalue weighted by Gasteiger charge is -2.07. The maximum atomic E-state index is 11.3. The molecule has 0 saturated heterocycles. The molecule has 2 unspecified atom stereocenters. The summed E-state index contributed by atoms with van der Waals surface area (Å²) >= 11 is 0. The Morgan fingerprint density at radius 1 is 1.64 bits per heavy atom. The van der Waals surface area contributed by atoms with E-state index < -0.39 is 10.8 Å². The third-order valence-electron chi connectivity index (χ3n) is 2.83. The first-order chi connectivity index (χ1) is 6.70. The number of aryl methyl sites for hydroxylation is 1. The number of H-pyrrole nitrogens is 1. The molecule has 1 aromatic heterocycles. The fourth-order valence-electron chi connectivity index (χ4n) is 1.66. The molecule has 0 amide bonds. The van der Waals surface area contributed by atoms with Crippen LogP contribution in [0.25, 0.3) is 0 Å². The van der Waals surface area contributed by atoms with Gasteiger partial charge in [0.05, 0.1) is 17.1 Å². The molecule has 0 aliphatic carbocycles. The molecule has 2 atom stereocenters. The van der Waals surface area contributed by atoms with Crippen molar-refractivity contribution < 1.29 is 4.21 Å². The maximum Gasteiger partial charge on any atom is 0.109 e. The van der Waals surface area contributed by atoms with Crippen LogP contribution in [0.1, 0.15) is 43.4 Å². The summed E-state index contributed by atoms with van der Waals surface area (Å²) in [7, 11) is -0.675. The number of fused-ring (bicyclic) bond motifs is 1. The topological polar surface area (TPSA) is 45.8 Å². The zero-order chi connectivity index (χ0) is 10.1. The molecule has 0 fully saturated rings. The van der Waals surface area contributed by atoms with Gasteiger partial charge in [0.1, 0.15) is 5.82 Å². The highest BCUT2D eigenvalue weighted by Crippen LogP contribution is 2.21. The number of hydrogen-bond donors (Lipinski definition) is 1. The molecule has 1 aromatic rings. The lowest BCUT2D eigenvalue weighted by atomic mass is 10.1. The van der Waals surface area contributed by atoms with Crippen LogP contribution in [-0.2, 0) is 23.0 Å². The lowest BCUT2D eigenvalue weighted by molar-refractivity contribution is 0.678. The first-order valence-corrected chi connectivity index (χ1v) is 6.62. The molecule has 0 aromatic carbocycles. The first kappa shape index (κ1) is 9.90. The van der Waals surface area contributed by atoms with Gasteiger partial charge < -0.3 is 4.98 Å². The lowest BCUT2D eigenvalue weighted by Crippen LogP contribution is -2.12. The summed E-state index contributed by atoms with van der Waals surface area (Å²) in [5.74, 6) is 2.99. The normalized spacial score (nSPS) is 23.1. The van der Waals surface area contributed by atoms with Gasteiger partial charge in [-0.1, -0.05) is 13.8 Å². The van der Waals surface area contributed by atoms with Crippen LogP contribution in [0.2, 0.25) is 0 Å². The Morgan fingerprint density at radius 2 is 2.43 bits per heavy atom. The van der Waals surface area contributed by atoms with E-state index in [1.165, 1.54) is 0 Å². The Hall–Kier alpha value is -0.640. The minimum Gasteiger partial charge on any atom is -0.345 e. The van der Waals surface area contributed by atoms with Gasteiger partial charge >= 0.3 is 0 Å². The Labute approximate surface area is 86.8 Å². The minimum absolute atomic E-state index is 0.481. The summed E-state index contributed by atoms with van der Waals surface area (Å²) in [6.45, 7) is 4.32. The Balaban J connectivity index is 2.27. The monoisotopic (exact) mass is 212 g/mol. The van der Waals surface area contributed by atoms with Crippen LogP contribution >= 0.6 is 0 Å². The zero-order valence-corrected chi connectivity index (χ0v) is 9.49. The van der Waals surface area contributed by atoms with E-state index in [1.54, 1.807) is 0 Å². The van der Waals surface area contributed by atoms with E-state index >= 15 is 0 Å². The maximum absolute atomic E-state index is 11.3. The molecule has 2 rings (SSSR count). The molecular formula is C10H16N2OS. The van der Waals surface area contributed by atoms with Crippen LogP contribution in [0.4, 0.5) is 0 Å². The Bertz CT molecular complexity index is 359. The van der Waals surface area contributed by atoms with E-state index in [9.17, 15) is 4.21 Å². The van der Waals surface area contributed by atoms with Gasteiger partial charge in [-0.05, 0) is 6.42 Å². The van der Waals surface area contributed by atoms with Crippen LogP contribution in [0.15, 0.2) is 0 Å². The molecule has 0 radical (unpaired) electrons. The number of nitrogens with zero attached hydrogens (tertiary/aromatic N) is 1. The predicted molar refractivity (Wildman–Crippen MR) is 57.7 cm³/mol. The van der Waals surface area contributed by atoms with Crippen molar-refractivity contribution in [2.75, 3.05) is 5.75 Å². The Morgan fingerprint density at radius 3 is 3.14 bits per heavy atom. The van der Waals surface area contributed by atoms with Crippen molar-refractivity contribution >= 4 is 10.8 Å². The second kappa shape index (κ2) is 3.85. The highest BCUT2D eigenvalue weighted by atomic mass is 32.2. The van der Waals surface area contributed by atoms with Gasteiger partial charge in [-0.2, -0.15) is 0 Å². The van der Waals surface area contributed by atoms with Gasteiger partial charge in [0.2, 0.25) is 0 Å². The van der Waals surface area contributed by atoms with Crippen molar-refractivity contribution in [2.24, 2.45) is 0 Å². The van der Waals surface area contributed by atoms with Crippen molar-refractivity contribution in [1.29, 1.82) is 0 Å². The van der Waals surface area contributed by atoms with Crippen LogP contribution < -0.4 is 0 Å². The minimum atomic E-state index is -0.675. The fourth-order valence-corrected chi connectivity index (χ4v) is 2.79. The van der Waals surface area contributed by atoms with E-state index in [0.29, 0.717) is 11.7 Å². The van der Waals surface area contributed by atoms with Crippen LogP contribution in [0.5, 0.6) is 0 Å². The zero-order valence-electron chi connectivity index (χ0n) is 8.67. The highest BCUT2D eigenvalue weighted by molar-refractivity contribution is 7.84. The molecular weight excluding hydrogens is 196 g/mol. The quantitative estimate of drug-likeness (QED) is 0.811. The fraction of sp³-hybridized carbons (Fsp3) is 0.700. The number of aromatic amines is 1. The SMILES string of the molecule is CCC(C)c1nc2c([nH]1)CS(=O)CC2. The molecule has 14 heavy (non-hydrogen) atoms. The first-order valence-electron chi connectivity index (χ1n) is 5.13.